The van der Waals surface area contributed by atoms with Crippen molar-refractivity contribution in [3.05, 3.63) is 35.4 Å². The van der Waals surface area contributed by atoms with E-state index in [1.807, 2.05) is 0 Å². The molecule has 1 saturated carbocycles. The van der Waals surface area contributed by atoms with Crippen molar-refractivity contribution in [1.82, 2.24) is 4.90 Å². The lowest BCUT2D eigenvalue weighted by Crippen LogP contribution is -2.32. The molecule has 1 fully saturated rings. The molecule has 1 aliphatic rings. The van der Waals surface area contributed by atoms with Gasteiger partial charge < -0.3 is 4.90 Å². The van der Waals surface area contributed by atoms with Crippen LogP contribution >= 0.6 is 0 Å². The van der Waals surface area contributed by atoms with Gasteiger partial charge in [-0.15, -0.1) is 0 Å². The molecule has 18 heavy (non-hydrogen) atoms. The summed E-state index contributed by atoms with van der Waals surface area (Å²) in [5.41, 5.74) is 3.09. The van der Waals surface area contributed by atoms with Crippen LogP contribution in [0.15, 0.2) is 24.3 Å². The zero-order valence-corrected chi connectivity index (χ0v) is 12.2. The molecule has 0 N–H and O–H groups in total. The first-order valence-electron chi connectivity index (χ1n) is 7.46. The topological polar surface area (TPSA) is 3.24 Å². The largest absolute Gasteiger partial charge is 0.306 e. The molecule has 1 aromatic rings. The van der Waals surface area contributed by atoms with Crippen LogP contribution < -0.4 is 0 Å². The molecule has 1 unspecified atom stereocenters. The van der Waals surface area contributed by atoms with Crippen LogP contribution in [-0.4, -0.2) is 25.0 Å². The zero-order chi connectivity index (χ0) is 13.0. The van der Waals surface area contributed by atoms with Crippen molar-refractivity contribution < 1.29 is 0 Å². The van der Waals surface area contributed by atoms with E-state index in [1.165, 1.54) is 44.1 Å². The Balaban J connectivity index is 2.08. The molecule has 1 heteroatoms. The lowest BCUT2D eigenvalue weighted by atomic mass is 9.80. The van der Waals surface area contributed by atoms with Crippen molar-refractivity contribution in [1.29, 1.82) is 0 Å². The highest BCUT2D eigenvalue weighted by Gasteiger charge is 2.24. The Morgan fingerprint density at radius 3 is 2.78 bits per heavy atom. The van der Waals surface area contributed by atoms with E-state index in [0.717, 1.165) is 12.0 Å². The molecule has 0 aromatic heterocycles. The smallest absolute Gasteiger partial charge is 0.00949 e. The summed E-state index contributed by atoms with van der Waals surface area (Å²) in [5.74, 6) is 0.781. The van der Waals surface area contributed by atoms with Crippen LogP contribution in [0.1, 0.15) is 56.1 Å². The van der Waals surface area contributed by atoms with Crippen LogP contribution in [-0.2, 0) is 6.42 Å². The molecule has 0 saturated heterocycles. The second-order valence-electron chi connectivity index (χ2n) is 5.98. The van der Waals surface area contributed by atoms with Gasteiger partial charge in [-0.05, 0) is 56.8 Å². The van der Waals surface area contributed by atoms with Gasteiger partial charge in [-0.3, -0.25) is 0 Å². The maximum Gasteiger partial charge on any atom is 0.00949 e. The predicted molar refractivity (Wildman–Crippen MR) is 79.1 cm³/mol. The van der Waals surface area contributed by atoms with E-state index in [-0.39, 0.29) is 0 Å². The van der Waals surface area contributed by atoms with Gasteiger partial charge in [0, 0.05) is 6.04 Å². The normalized spacial score (nSPS) is 24.4. The van der Waals surface area contributed by atoms with E-state index >= 15 is 0 Å². The molecule has 0 heterocycles. The predicted octanol–water partition coefficient (Wildman–Crippen LogP) is 4.23. The molecule has 1 aromatic carbocycles. The van der Waals surface area contributed by atoms with Crippen molar-refractivity contribution in [2.45, 2.75) is 57.4 Å². The summed E-state index contributed by atoms with van der Waals surface area (Å²) < 4.78 is 0. The maximum atomic E-state index is 2.45. The average molecular weight is 245 g/mol. The number of aryl methyl sites for hydroxylation is 1. The van der Waals surface area contributed by atoms with Gasteiger partial charge in [0.15, 0.2) is 0 Å². The Hall–Kier alpha value is -0.820. The van der Waals surface area contributed by atoms with Crippen LogP contribution in [0, 0.1) is 0 Å². The second kappa shape index (κ2) is 6.38. The lowest BCUT2D eigenvalue weighted by Gasteiger charge is -2.33. The van der Waals surface area contributed by atoms with E-state index in [2.05, 4.69) is 50.2 Å². The van der Waals surface area contributed by atoms with Gasteiger partial charge in [0.25, 0.3) is 0 Å². The molecule has 100 valence electrons. The number of hydrogen-bond acceptors (Lipinski definition) is 1. The number of benzene rings is 1. The molecule has 0 spiro atoms. The van der Waals surface area contributed by atoms with Crippen LogP contribution in [0.4, 0.5) is 0 Å². The van der Waals surface area contributed by atoms with E-state index in [0.29, 0.717) is 0 Å². The Bertz CT molecular complexity index is 370. The molecular weight excluding hydrogens is 218 g/mol. The second-order valence-corrected chi connectivity index (χ2v) is 5.98. The quantitative estimate of drug-likeness (QED) is 0.767. The average Bonchev–Trinajstić information content (AvgIpc) is 2.39. The highest BCUT2D eigenvalue weighted by Crippen LogP contribution is 2.34. The summed E-state index contributed by atoms with van der Waals surface area (Å²) >= 11 is 0. The minimum atomic E-state index is 0.776. The van der Waals surface area contributed by atoms with Crippen molar-refractivity contribution in [2.75, 3.05) is 14.1 Å². The summed E-state index contributed by atoms with van der Waals surface area (Å²) in [4.78, 5) is 2.40. The van der Waals surface area contributed by atoms with Crippen LogP contribution in [0.3, 0.4) is 0 Å². The first kappa shape index (κ1) is 13.6. The summed E-state index contributed by atoms with van der Waals surface area (Å²) in [5, 5.41) is 0. The van der Waals surface area contributed by atoms with E-state index < -0.39 is 0 Å². The molecular formula is C17H27N. The maximum absolute atomic E-state index is 2.45. The highest BCUT2D eigenvalue weighted by molar-refractivity contribution is 5.27. The molecule has 0 amide bonds. The fraction of sp³-hybridized carbons (Fsp3) is 0.647. The molecule has 2 atom stereocenters. The third kappa shape index (κ3) is 3.35. The standard InChI is InChI=1S/C17H27N/c1-4-7-14-8-5-9-15(12-14)16-10-6-11-17(13-16)18(2)3/h5,8-9,12,16-17H,4,6-7,10-11,13H2,1-3H3/t16?,17-/m1/s1. The summed E-state index contributed by atoms with van der Waals surface area (Å²) in [6.45, 7) is 2.26. The molecule has 1 nitrogen and oxygen atoms in total. The fourth-order valence-corrected chi connectivity index (χ4v) is 3.23. The van der Waals surface area contributed by atoms with Crippen molar-refractivity contribution >= 4 is 0 Å². The van der Waals surface area contributed by atoms with Crippen molar-refractivity contribution in [3.8, 4) is 0 Å². The molecule has 0 bridgehead atoms. The summed E-state index contributed by atoms with van der Waals surface area (Å²) in [7, 11) is 4.45. The van der Waals surface area contributed by atoms with Gasteiger partial charge in [0.1, 0.15) is 0 Å². The SMILES string of the molecule is CCCc1cccc(C2CCC[C@@H](N(C)C)C2)c1. The number of rotatable bonds is 4. The van der Waals surface area contributed by atoms with Crippen molar-refractivity contribution in [2.24, 2.45) is 0 Å². The van der Waals surface area contributed by atoms with E-state index in [4.69, 9.17) is 0 Å². The number of nitrogens with zero attached hydrogens (tertiary/aromatic N) is 1. The minimum absolute atomic E-state index is 0.776. The Morgan fingerprint density at radius 2 is 2.06 bits per heavy atom. The van der Waals surface area contributed by atoms with Crippen LogP contribution in [0.2, 0.25) is 0 Å². The van der Waals surface area contributed by atoms with E-state index in [9.17, 15) is 0 Å². The molecule has 0 aliphatic heterocycles. The van der Waals surface area contributed by atoms with Gasteiger partial charge in [-0.2, -0.15) is 0 Å². The fourth-order valence-electron chi connectivity index (χ4n) is 3.23. The lowest BCUT2D eigenvalue weighted by molar-refractivity contribution is 0.213. The summed E-state index contributed by atoms with van der Waals surface area (Å²) in [6, 6.07) is 10.1. The first-order chi connectivity index (χ1) is 8.70. The third-order valence-electron chi connectivity index (χ3n) is 4.34. The van der Waals surface area contributed by atoms with Gasteiger partial charge in [0.05, 0.1) is 0 Å². The number of hydrogen-bond donors (Lipinski definition) is 0. The van der Waals surface area contributed by atoms with Crippen LogP contribution in [0.25, 0.3) is 0 Å². The highest BCUT2D eigenvalue weighted by atomic mass is 15.1. The minimum Gasteiger partial charge on any atom is -0.306 e. The zero-order valence-electron chi connectivity index (χ0n) is 12.2. The first-order valence-corrected chi connectivity index (χ1v) is 7.46. The van der Waals surface area contributed by atoms with E-state index in [1.54, 1.807) is 5.56 Å². The summed E-state index contributed by atoms with van der Waals surface area (Å²) in [6.07, 6.45) is 7.93. The van der Waals surface area contributed by atoms with Crippen molar-refractivity contribution in [3.63, 3.8) is 0 Å². The molecule has 2 rings (SSSR count). The Labute approximate surface area is 112 Å². The molecule has 1 aliphatic carbocycles. The monoisotopic (exact) mass is 245 g/mol. The molecule has 0 radical (unpaired) electrons. The van der Waals surface area contributed by atoms with Gasteiger partial charge >= 0.3 is 0 Å². The van der Waals surface area contributed by atoms with Gasteiger partial charge in [0.2, 0.25) is 0 Å². The van der Waals surface area contributed by atoms with Crippen LogP contribution in [0.5, 0.6) is 0 Å². The Kier molecular flexibility index (Phi) is 4.82. The third-order valence-corrected chi connectivity index (χ3v) is 4.34. The van der Waals surface area contributed by atoms with Gasteiger partial charge in [-0.1, -0.05) is 44.0 Å². The van der Waals surface area contributed by atoms with Gasteiger partial charge in [-0.25, -0.2) is 0 Å². The Morgan fingerprint density at radius 1 is 1.22 bits per heavy atom.